The molecular weight excluding hydrogens is 380 g/mol. The summed E-state index contributed by atoms with van der Waals surface area (Å²) in [7, 11) is 0. The third kappa shape index (κ3) is 7.06. The molecule has 2 saturated carbocycles. The van der Waals surface area contributed by atoms with E-state index in [-0.39, 0.29) is 0 Å². The van der Waals surface area contributed by atoms with Crippen molar-refractivity contribution in [1.82, 2.24) is 0 Å². The third-order valence-electron chi connectivity index (χ3n) is 6.78. The van der Waals surface area contributed by atoms with Crippen LogP contribution >= 0.6 is 0 Å². The summed E-state index contributed by atoms with van der Waals surface area (Å²) in [4.78, 5) is 0. The van der Waals surface area contributed by atoms with Crippen molar-refractivity contribution in [2.45, 2.75) is 76.2 Å². The number of ether oxygens (including phenoxy) is 1. The Morgan fingerprint density at radius 3 is 2.37 bits per heavy atom. The van der Waals surface area contributed by atoms with Crippen LogP contribution in [-0.2, 0) is 4.74 Å². The van der Waals surface area contributed by atoms with Gasteiger partial charge in [-0.1, -0.05) is 24.3 Å². The van der Waals surface area contributed by atoms with Crippen LogP contribution in [0.25, 0.3) is 0 Å². The maximum absolute atomic E-state index is 13.5. The number of nitrogens with zero attached hydrogens (tertiary/aromatic N) is 1. The highest BCUT2D eigenvalue weighted by Crippen LogP contribution is 2.37. The Kier molecular flexibility index (Phi) is 9.08. The average Bonchev–Trinajstić information content (AvgIpc) is 2.78. The molecule has 0 saturated heterocycles. The van der Waals surface area contributed by atoms with Gasteiger partial charge >= 0.3 is 0 Å². The van der Waals surface area contributed by atoms with Crippen LogP contribution in [0.15, 0.2) is 42.5 Å². The molecule has 4 heteroatoms. The maximum atomic E-state index is 13.5. The minimum atomic E-state index is -0.764. The predicted molar refractivity (Wildman–Crippen MR) is 116 cm³/mol. The van der Waals surface area contributed by atoms with Gasteiger partial charge in [0.1, 0.15) is 0 Å². The average molecular weight is 414 g/mol. The number of hydrogen-bond acceptors (Lipinski definition) is 2. The summed E-state index contributed by atoms with van der Waals surface area (Å²) in [5.74, 6) is 0.230. The quantitative estimate of drug-likeness (QED) is 0.333. The Bertz CT molecular complexity index is 751. The molecule has 30 heavy (non-hydrogen) atoms. The lowest BCUT2D eigenvalue weighted by Crippen LogP contribution is -2.25. The fraction of sp³-hybridized carbons (Fsp3) is 0.577. The molecule has 1 aromatic carbocycles. The highest BCUT2D eigenvalue weighted by atomic mass is 19.2. The van der Waals surface area contributed by atoms with Crippen molar-refractivity contribution in [2.24, 2.45) is 11.8 Å². The third-order valence-corrected chi connectivity index (χ3v) is 6.78. The molecule has 0 heterocycles. The molecule has 3 rings (SSSR count). The first-order valence-electron chi connectivity index (χ1n) is 11.4. The number of nitriles is 1. The van der Waals surface area contributed by atoms with E-state index >= 15 is 0 Å². The van der Waals surface area contributed by atoms with E-state index in [1.807, 2.05) is 12.1 Å². The van der Waals surface area contributed by atoms with E-state index < -0.39 is 11.6 Å². The molecule has 2 nitrogen and oxygen atoms in total. The first-order valence-corrected chi connectivity index (χ1v) is 11.4. The maximum Gasteiger partial charge on any atom is 0.159 e. The lowest BCUT2D eigenvalue weighted by molar-refractivity contribution is -0.00824. The molecule has 0 atom stereocenters. The highest BCUT2D eigenvalue weighted by Gasteiger charge is 2.26. The second kappa shape index (κ2) is 12.0. The molecular formula is C26H33F2NO. The van der Waals surface area contributed by atoms with Gasteiger partial charge in [-0.3, -0.25) is 0 Å². The van der Waals surface area contributed by atoms with Crippen LogP contribution in [0.4, 0.5) is 8.78 Å². The fourth-order valence-corrected chi connectivity index (χ4v) is 4.89. The Morgan fingerprint density at radius 2 is 1.67 bits per heavy atom. The summed E-state index contributed by atoms with van der Waals surface area (Å²) in [6.07, 6.45) is 19.2. The van der Waals surface area contributed by atoms with E-state index in [4.69, 9.17) is 10.00 Å². The first kappa shape index (κ1) is 22.7. The number of allylic oxidation sites excluding steroid dienone is 4. The van der Waals surface area contributed by atoms with Crippen LogP contribution in [0, 0.1) is 34.8 Å². The van der Waals surface area contributed by atoms with E-state index in [2.05, 4.69) is 6.08 Å². The summed E-state index contributed by atoms with van der Waals surface area (Å²) in [5.41, 5.74) is 0.933. The summed E-state index contributed by atoms with van der Waals surface area (Å²) < 4.78 is 32.9. The zero-order valence-corrected chi connectivity index (χ0v) is 17.7. The molecule has 1 aromatic rings. The van der Waals surface area contributed by atoms with Crippen molar-refractivity contribution in [2.75, 3.05) is 6.61 Å². The van der Waals surface area contributed by atoms with Crippen LogP contribution in [0.1, 0.15) is 75.7 Å². The number of halogens is 2. The largest absolute Gasteiger partial charge is 0.378 e. The molecule has 2 aliphatic rings. The summed E-state index contributed by atoms with van der Waals surface area (Å²) in [6.45, 7) is 0.841. The standard InChI is InChI=1S/C26H33F2NO/c27-25-16-13-23(18-26(25)28)22-11-7-21(8-12-22)19-30-24-14-9-20(10-15-24)6-4-2-1-3-5-17-29/h1-3,5,13,16,18,20-22,24H,4,6-12,14-15,19H2/b2-1+,5-3+/t20-,21-,22-,24-. The van der Waals surface area contributed by atoms with Crippen LogP contribution in [0.2, 0.25) is 0 Å². The smallest absolute Gasteiger partial charge is 0.159 e. The molecule has 0 radical (unpaired) electrons. The van der Waals surface area contributed by atoms with Crippen LogP contribution in [0.3, 0.4) is 0 Å². The van der Waals surface area contributed by atoms with Crippen LogP contribution in [0.5, 0.6) is 0 Å². The molecule has 0 aromatic heterocycles. The van der Waals surface area contributed by atoms with E-state index in [1.54, 1.807) is 12.1 Å². The van der Waals surface area contributed by atoms with Gasteiger partial charge in [0.25, 0.3) is 0 Å². The highest BCUT2D eigenvalue weighted by molar-refractivity contribution is 5.22. The molecule has 0 spiro atoms. The van der Waals surface area contributed by atoms with E-state index in [0.717, 1.165) is 63.0 Å². The van der Waals surface area contributed by atoms with Crippen molar-refractivity contribution in [1.29, 1.82) is 5.26 Å². The van der Waals surface area contributed by atoms with Crippen molar-refractivity contribution in [3.05, 3.63) is 59.7 Å². The van der Waals surface area contributed by atoms with Crippen LogP contribution in [-0.4, -0.2) is 12.7 Å². The van der Waals surface area contributed by atoms with Crippen molar-refractivity contribution >= 4 is 0 Å². The van der Waals surface area contributed by atoms with Gasteiger partial charge in [-0.05, 0) is 99.7 Å². The Balaban J connectivity index is 1.29. The SMILES string of the molecule is N#C/C=C/C=C/CC[C@H]1CC[C@H](OC[C@H]2CC[C@H](c3ccc(F)c(F)c3)CC2)CC1. The molecule has 0 N–H and O–H groups in total. The molecule has 0 aliphatic heterocycles. The Morgan fingerprint density at radius 1 is 0.933 bits per heavy atom. The molecule has 0 amide bonds. The minimum Gasteiger partial charge on any atom is -0.378 e. The number of benzene rings is 1. The van der Waals surface area contributed by atoms with Gasteiger partial charge in [0.05, 0.1) is 12.2 Å². The van der Waals surface area contributed by atoms with E-state index in [0.29, 0.717) is 17.9 Å². The lowest BCUT2D eigenvalue weighted by Gasteiger charge is -2.32. The van der Waals surface area contributed by atoms with Gasteiger partial charge in [0.15, 0.2) is 11.6 Å². The Hall–Kier alpha value is -1.99. The minimum absolute atomic E-state index is 0.344. The summed E-state index contributed by atoms with van der Waals surface area (Å²) >= 11 is 0. The molecule has 162 valence electrons. The summed E-state index contributed by atoms with van der Waals surface area (Å²) in [6, 6.07) is 6.34. The second-order valence-corrected chi connectivity index (χ2v) is 8.86. The molecule has 2 aliphatic carbocycles. The van der Waals surface area contributed by atoms with Crippen molar-refractivity contribution in [3.8, 4) is 6.07 Å². The lowest BCUT2D eigenvalue weighted by atomic mass is 9.79. The zero-order chi connectivity index (χ0) is 21.2. The molecule has 2 fully saturated rings. The Labute approximate surface area is 179 Å². The van der Waals surface area contributed by atoms with Gasteiger partial charge in [-0.2, -0.15) is 5.26 Å². The number of rotatable bonds is 8. The molecule has 0 bridgehead atoms. The van der Waals surface area contributed by atoms with Gasteiger partial charge in [-0.15, -0.1) is 0 Å². The van der Waals surface area contributed by atoms with Crippen molar-refractivity contribution < 1.29 is 13.5 Å². The topological polar surface area (TPSA) is 33.0 Å². The summed E-state index contributed by atoms with van der Waals surface area (Å²) in [5, 5.41) is 8.45. The zero-order valence-electron chi connectivity index (χ0n) is 17.7. The van der Waals surface area contributed by atoms with Gasteiger partial charge in [-0.25, -0.2) is 8.78 Å². The van der Waals surface area contributed by atoms with Crippen LogP contribution < -0.4 is 0 Å². The van der Waals surface area contributed by atoms with E-state index in [1.165, 1.54) is 37.5 Å². The van der Waals surface area contributed by atoms with Gasteiger partial charge in [0, 0.05) is 12.7 Å². The van der Waals surface area contributed by atoms with E-state index in [9.17, 15) is 8.78 Å². The first-order chi connectivity index (χ1) is 14.7. The molecule has 0 unspecified atom stereocenters. The normalized spacial score (nSPS) is 27.5. The van der Waals surface area contributed by atoms with Gasteiger partial charge in [0.2, 0.25) is 0 Å². The second-order valence-electron chi connectivity index (χ2n) is 8.86. The monoisotopic (exact) mass is 413 g/mol. The van der Waals surface area contributed by atoms with Crippen molar-refractivity contribution in [3.63, 3.8) is 0 Å². The van der Waals surface area contributed by atoms with Gasteiger partial charge < -0.3 is 4.74 Å². The number of hydrogen-bond donors (Lipinski definition) is 0. The fourth-order valence-electron chi connectivity index (χ4n) is 4.89. The predicted octanol–water partition coefficient (Wildman–Crippen LogP) is 7.23.